The Morgan fingerprint density at radius 1 is 1.20 bits per heavy atom. The average molecular weight is 382 g/mol. The lowest BCUT2D eigenvalue weighted by Gasteiger charge is -2.24. The maximum atomic E-state index is 12.6. The first-order chi connectivity index (χ1) is 11.7. The highest BCUT2D eigenvalue weighted by Crippen LogP contribution is 2.21. The predicted octanol–water partition coefficient (Wildman–Crippen LogP) is 1.91. The molecule has 1 unspecified atom stereocenters. The first-order valence-corrected chi connectivity index (χ1v) is 9.42. The van der Waals surface area contributed by atoms with Crippen molar-refractivity contribution in [3.8, 4) is 0 Å². The van der Waals surface area contributed by atoms with Crippen molar-refractivity contribution in [2.24, 2.45) is 5.14 Å². The highest BCUT2D eigenvalue weighted by atomic mass is 35.5. The Bertz CT molecular complexity index is 852. The molecule has 134 valence electrons. The number of benzene rings is 2. The van der Waals surface area contributed by atoms with Gasteiger partial charge in [-0.25, -0.2) is 13.6 Å². The standard InChI is InChI=1S/C17H20ClN3O3S/c1-21(2)16(13-6-8-14(18)9-7-13)17(22)20-11-12-4-3-5-15(10-12)25(19,23)24/h3-10,16H,11H2,1-2H3,(H,20,22)(H2,19,23,24). The minimum Gasteiger partial charge on any atom is -0.350 e. The summed E-state index contributed by atoms with van der Waals surface area (Å²) < 4.78 is 22.8. The molecule has 25 heavy (non-hydrogen) atoms. The van der Waals surface area contributed by atoms with Gasteiger partial charge in [-0.05, 0) is 49.5 Å². The van der Waals surface area contributed by atoms with E-state index in [1.807, 2.05) is 0 Å². The van der Waals surface area contributed by atoms with Crippen molar-refractivity contribution in [1.82, 2.24) is 10.2 Å². The van der Waals surface area contributed by atoms with Crippen LogP contribution in [-0.4, -0.2) is 33.3 Å². The number of rotatable bonds is 6. The summed E-state index contributed by atoms with van der Waals surface area (Å²) >= 11 is 5.89. The van der Waals surface area contributed by atoms with E-state index in [9.17, 15) is 13.2 Å². The van der Waals surface area contributed by atoms with Crippen LogP contribution >= 0.6 is 11.6 Å². The second-order valence-corrected chi connectivity index (χ2v) is 7.83. The molecule has 0 heterocycles. The van der Waals surface area contributed by atoms with Crippen molar-refractivity contribution in [1.29, 1.82) is 0 Å². The lowest BCUT2D eigenvalue weighted by molar-refractivity contribution is -0.125. The van der Waals surface area contributed by atoms with Crippen molar-refractivity contribution in [2.45, 2.75) is 17.5 Å². The second kappa shape index (κ2) is 7.97. The van der Waals surface area contributed by atoms with Gasteiger partial charge >= 0.3 is 0 Å². The van der Waals surface area contributed by atoms with Crippen LogP contribution in [0.25, 0.3) is 0 Å². The van der Waals surface area contributed by atoms with Crippen molar-refractivity contribution in [2.75, 3.05) is 14.1 Å². The Kier molecular flexibility index (Phi) is 6.18. The highest BCUT2D eigenvalue weighted by molar-refractivity contribution is 7.89. The molecule has 6 nitrogen and oxygen atoms in total. The summed E-state index contributed by atoms with van der Waals surface area (Å²) in [5.41, 5.74) is 1.46. The van der Waals surface area contributed by atoms with Crippen LogP contribution < -0.4 is 10.5 Å². The fourth-order valence-corrected chi connectivity index (χ4v) is 3.16. The lowest BCUT2D eigenvalue weighted by Crippen LogP contribution is -2.36. The third kappa shape index (κ3) is 5.27. The Hall–Kier alpha value is -1.93. The lowest BCUT2D eigenvalue weighted by atomic mass is 10.1. The summed E-state index contributed by atoms with van der Waals surface area (Å²) in [6.07, 6.45) is 0. The molecule has 0 spiro atoms. The summed E-state index contributed by atoms with van der Waals surface area (Å²) in [6, 6.07) is 12.7. The summed E-state index contributed by atoms with van der Waals surface area (Å²) in [4.78, 5) is 14.4. The minimum absolute atomic E-state index is 0.0149. The number of nitrogens with one attached hydrogen (secondary N) is 1. The van der Waals surface area contributed by atoms with Gasteiger partial charge in [0.1, 0.15) is 6.04 Å². The number of carbonyl (C=O) groups excluding carboxylic acids is 1. The van der Waals surface area contributed by atoms with Gasteiger partial charge in [0.05, 0.1) is 4.90 Å². The van der Waals surface area contributed by atoms with E-state index in [0.29, 0.717) is 10.6 Å². The summed E-state index contributed by atoms with van der Waals surface area (Å²) in [7, 11) is -0.162. The number of nitrogens with two attached hydrogens (primary N) is 1. The van der Waals surface area contributed by atoms with Gasteiger partial charge in [-0.3, -0.25) is 9.69 Å². The molecule has 2 aromatic carbocycles. The van der Waals surface area contributed by atoms with E-state index in [1.165, 1.54) is 12.1 Å². The van der Waals surface area contributed by atoms with E-state index in [2.05, 4.69) is 5.32 Å². The molecular formula is C17H20ClN3O3S. The molecule has 0 radical (unpaired) electrons. The third-order valence-corrected chi connectivity index (χ3v) is 4.81. The number of halogens is 1. The van der Waals surface area contributed by atoms with E-state index < -0.39 is 16.1 Å². The van der Waals surface area contributed by atoms with Crippen molar-refractivity contribution >= 4 is 27.5 Å². The van der Waals surface area contributed by atoms with Crippen LogP contribution in [0.15, 0.2) is 53.4 Å². The molecule has 0 aliphatic carbocycles. The summed E-state index contributed by atoms with van der Waals surface area (Å²) in [5, 5.41) is 8.55. The molecule has 0 aliphatic rings. The van der Waals surface area contributed by atoms with Gasteiger partial charge in [-0.2, -0.15) is 0 Å². The zero-order valence-electron chi connectivity index (χ0n) is 13.9. The highest BCUT2D eigenvalue weighted by Gasteiger charge is 2.22. The van der Waals surface area contributed by atoms with Crippen LogP contribution in [-0.2, 0) is 21.4 Å². The van der Waals surface area contributed by atoms with Crippen LogP contribution in [0.5, 0.6) is 0 Å². The Morgan fingerprint density at radius 3 is 2.40 bits per heavy atom. The molecule has 0 fully saturated rings. The molecular weight excluding hydrogens is 362 g/mol. The minimum atomic E-state index is -3.77. The quantitative estimate of drug-likeness (QED) is 0.799. The monoisotopic (exact) mass is 381 g/mol. The fourth-order valence-electron chi connectivity index (χ4n) is 2.45. The number of sulfonamides is 1. The molecule has 0 aromatic heterocycles. The molecule has 2 aromatic rings. The summed E-state index contributed by atoms with van der Waals surface area (Å²) in [6.45, 7) is 0.195. The van der Waals surface area contributed by atoms with Crippen molar-refractivity contribution in [3.05, 3.63) is 64.7 Å². The van der Waals surface area contributed by atoms with E-state index in [0.717, 1.165) is 5.56 Å². The molecule has 2 rings (SSSR count). The van der Waals surface area contributed by atoms with Gasteiger partial charge in [0.15, 0.2) is 0 Å². The van der Waals surface area contributed by atoms with E-state index in [-0.39, 0.29) is 17.3 Å². The SMILES string of the molecule is CN(C)C(C(=O)NCc1cccc(S(N)(=O)=O)c1)c1ccc(Cl)cc1. The number of hydrogen-bond donors (Lipinski definition) is 2. The smallest absolute Gasteiger partial charge is 0.242 e. The number of nitrogens with zero attached hydrogens (tertiary/aromatic N) is 1. The van der Waals surface area contributed by atoms with Crippen molar-refractivity contribution < 1.29 is 13.2 Å². The van der Waals surface area contributed by atoms with Gasteiger partial charge in [-0.1, -0.05) is 35.9 Å². The summed E-state index contributed by atoms with van der Waals surface area (Å²) in [5.74, 6) is -0.201. The molecule has 8 heteroatoms. The Balaban J connectivity index is 2.13. The van der Waals surface area contributed by atoms with E-state index in [4.69, 9.17) is 16.7 Å². The molecule has 0 saturated carbocycles. The van der Waals surface area contributed by atoms with Gasteiger partial charge in [0, 0.05) is 11.6 Å². The largest absolute Gasteiger partial charge is 0.350 e. The van der Waals surface area contributed by atoms with Crippen LogP contribution in [0.2, 0.25) is 5.02 Å². The second-order valence-electron chi connectivity index (χ2n) is 5.83. The molecule has 0 bridgehead atoms. The fraction of sp³-hybridized carbons (Fsp3) is 0.235. The Morgan fingerprint density at radius 2 is 1.84 bits per heavy atom. The third-order valence-electron chi connectivity index (χ3n) is 3.64. The van der Waals surface area contributed by atoms with Crippen LogP contribution in [0.4, 0.5) is 0 Å². The van der Waals surface area contributed by atoms with Crippen molar-refractivity contribution in [3.63, 3.8) is 0 Å². The number of amides is 1. The molecule has 1 atom stereocenters. The van der Waals surface area contributed by atoms with E-state index in [1.54, 1.807) is 55.4 Å². The van der Waals surface area contributed by atoms with Gasteiger partial charge < -0.3 is 5.32 Å². The first kappa shape index (κ1) is 19.4. The van der Waals surface area contributed by atoms with Gasteiger partial charge in [0.25, 0.3) is 0 Å². The molecule has 1 amide bonds. The van der Waals surface area contributed by atoms with Crippen LogP contribution in [0.3, 0.4) is 0 Å². The van der Waals surface area contributed by atoms with Crippen LogP contribution in [0, 0.1) is 0 Å². The number of likely N-dealkylation sites (N-methyl/N-ethyl adjacent to an activating group) is 1. The maximum absolute atomic E-state index is 12.6. The number of carbonyl (C=O) groups is 1. The predicted molar refractivity (Wildman–Crippen MR) is 97.5 cm³/mol. The zero-order chi connectivity index (χ0) is 18.6. The molecule has 3 N–H and O–H groups in total. The molecule has 0 saturated heterocycles. The zero-order valence-corrected chi connectivity index (χ0v) is 15.5. The number of hydrogen-bond acceptors (Lipinski definition) is 4. The normalized spacial score (nSPS) is 12.8. The van der Waals surface area contributed by atoms with E-state index >= 15 is 0 Å². The van der Waals surface area contributed by atoms with Gasteiger partial charge in [-0.15, -0.1) is 0 Å². The number of primary sulfonamides is 1. The first-order valence-electron chi connectivity index (χ1n) is 7.50. The topological polar surface area (TPSA) is 92.5 Å². The van der Waals surface area contributed by atoms with Crippen LogP contribution in [0.1, 0.15) is 17.2 Å². The van der Waals surface area contributed by atoms with Gasteiger partial charge in [0.2, 0.25) is 15.9 Å². The molecule has 0 aliphatic heterocycles. The maximum Gasteiger partial charge on any atom is 0.242 e. The average Bonchev–Trinajstić information content (AvgIpc) is 2.54. The Labute approximate surface area is 152 Å².